The summed E-state index contributed by atoms with van der Waals surface area (Å²) in [7, 11) is 1.56. The van der Waals surface area contributed by atoms with Gasteiger partial charge in [-0.15, -0.1) is 0 Å². The van der Waals surface area contributed by atoms with E-state index < -0.39 is 11.9 Å². The van der Waals surface area contributed by atoms with Crippen LogP contribution in [0.4, 0.5) is 10.1 Å². The summed E-state index contributed by atoms with van der Waals surface area (Å²) in [4.78, 5) is 23.8. The van der Waals surface area contributed by atoms with Gasteiger partial charge in [0, 0.05) is 12.6 Å². The predicted octanol–water partition coefficient (Wildman–Crippen LogP) is 3.35. The number of amides is 2. The molecular weight excluding hydrogens is 323 g/mol. The SMILES string of the molecule is COc1ccc(C(CC(=O)Nc2cc(F)ccc2C)NC(C)=O)cc1. The van der Waals surface area contributed by atoms with Gasteiger partial charge in [-0.3, -0.25) is 9.59 Å². The zero-order valence-corrected chi connectivity index (χ0v) is 14.4. The van der Waals surface area contributed by atoms with Crippen LogP contribution in [0.5, 0.6) is 5.75 Å². The highest BCUT2D eigenvalue weighted by molar-refractivity contribution is 5.92. The van der Waals surface area contributed by atoms with Crippen LogP contribution in [-0.4, -0.2) is 18.9 Å². The van der Waals surface area contributed by atoms with E-state index in [1.165, 1.54) is 19.1 Å². The number of nitrogens with one attached hydrogen (secondary N) is 2. The highest BCUT2D eigenvalue weighted by atomic mass is 19.1. The number of ether oxygens (including phenoxy) is 1. The predicted molar refractivity (Wildman–Crippen MR) is 93.9 cm³/mol. The number of hydrogen-bond donors (Lipinski definition) is 2. The molecule has 2 N–H and O–H groups in total. The molecule has 0 bridgehead atoms. The second kappa shape index (κ2) is 8.28. The van der Waals surface area contributed by atoms with E-state index in [0.29, 0.717) is 11.4 Å². The van der Waals surface area contributed by atoms with Crippen molar-refractivity contribution in [3.8, 4) is 5.75 Å². The maximum Gasteiger partial charge on any atom is 0.226 e. The van der Waals surface area contributed by atoms with Gasteiger partial charge in [0.15, 0.2) is 0 Å². The van der Waals surface area contributed by atoms with Crippen molar-refractivity contribution in [3.63, 3.8) is 0 Å². The van der Waals surface area contributed by atoms with Crippen molar-refractivity contribution < 1.29 is 18.7 Å². The molecule has 0 fully saturated rings. The molecule has 2 aromatic rings. The van der Waals surface area contributed by atoms with Gasteiger partial charge in [0.1, 0.15) is 11.6 Å². The highest BCUT2D eigenvalue weighted by Gasteiger charge is 2.18. The first-order valence-electron chi connectivity index (χ1n) is 7.86. The Morgan fingerprint density at radius 2 is 1.84 bits per heavy atom. The Hall–Kier alpha value is -2.89. The lowest BCUT2D eigenvalue weighted by atomic mass is 10.0. The molecule has 2 rings (SSSR count). The van der Waals surface area contributed by atoms with Gasteiger partial charge < -0.3 is 15.4 Å². The first kappa shape index (κ1) is 18.4. The number of carbonyl (C=O) groups excluding carboxylic acids is 2. The van der Waals surface area contributed by atoms with Crippen LogP contribution in [0.2, 0.25) is 0 Å². The van der Waals surface area contributed by atoms with Crippen molar-refractivity contribution >= 4 is 17.5 Å². The number of rotatable bonds is 6. The number of hydrogen-bond acceptors (Lipinski definition) is 3. The van der Waals surface area contributed by atoms with Crippen LogP contribution in [0.1, 0.15) is 30.5 Å². The summed E-state index contributed by atoms with van der Waals surface area (Å²) in [6, 6.07) is 10.8. The summed E-state index contributed by atoms with van der Waals surface area (Å²) in [5, 5.41) is 5.45. The van der Waals surface area contributed by atoms with Crippen LogP contribution >= 0.6 is 0 Å². The molecule has 0 heterocycles. The van der Waals surface area contributed by atoms with Gasteiger partial charge in [0.25, 0.3) is 0 Å². The fourth-order valence-electron chi connectivity index (χ4n) is 2.45. The van der Waals surface area contributed by atoms with Crippen LogP contribution in [0, 0.1) is 12.7 Å². The van der Waals surface area contributed by atoms with E-state index in [0.717, 1.165) is 11.1 Å². The molecule has 0 aromatic heterocycles. The monoisotopic (exact) mass is 344 g/mol. The molecule has 0 aliphatic carbocycles. The Morgan fingerprint density at radius 3 is 2.44 bits per heavy atom. The normalized spacial score (nSPS) is 11.5. The van der Waals surface area contributed by atoms with Crippen LogP contribution in [0.25, 0.3) is 0 Å². The Morgan fingerprint density at radius 1 is 1.16 bits per heavy atom. The molecular formula is C19H21FN2O3. The second-order valence-corrected chi connectivity index (χ2v) is 5.74. The molecule has 0 saturated heterocycles. The van der Waals surface area contributed by atoms with E-state index in [4.69, 9.17) is 4.74 Å². The van der Waals surface area contributed by atoms with Crippen molar-refractivity contribution in [1.82, 2.24) is 5.32 Å². The number of carbonyl (C=O) groups is 2. The summed E-state index contributed by atoms with van der Waals surface area (Å²) >= 11 is 0. The number of anilines is 1. The van der Waals surface area contributed by atoms with E-state index in [9.17, 15) is 14.0 Å². The third kappa shape index (κ3) is 5.31. The smallest absolute Gasteiger partial charge is 0.226 e. The van der Waals surface area contributed by atoms with Crippen molar-refractivity contribution in [2.75, 3.05) is 12.4 Å². The summed E-state index contributed by atoms with van der Waals surface area (Å²) < 4.78 is 18.5. The summed E-state index contributed by atoms with van der Waals surface area (Å²) in [6.45, 7) is 3.18. The fraction of sp³-hybridized carbons (Fsp3) is 0.263. The minimum Gasteiger partial charge on any atom is -0.497 e. The van der Waals surface area contributed by atoms with Crippen LogP contribution in [0.3, 0.4) is 0 Å². The number of methoxy groups -OCH3 is 1. The molecule has 0 radical (unpaired) electrons. The Balaban J connectivity index is 2.13. The molecule has 5 nitrogen and oxygen atoms in total. The van der Waals surface area contributed by atoms with Gasteiger partial charge in [-0.2, -0.15) is 0 Å². The average Bonchev–Trinajstić information content (AvgIpc) is 2.57. The van der Waals surface area contributed by atoms with Crippen LogP contribution in [-0.2, 0) is 9.59 Å². The zero-order valence-electron chi connectivity index (χ0n) is 14.4. The Labute approximate surface area is 146 Å². The lowest BCUT2D eigenvalue weighted by Crippen LogP contribution is -2.29. The largest absolute Gasteiger partial charge is 0.497 e. The van der Waals surface area contributed by atoms with E-state index in [1.54, 1.807) is 44.4 Å². The third-order valence-electron chi connectivity index (χ3n) is 3.76. The van der Waals surface area contributed by atoms with Gasteiger partial charge >= 0.3 is 0 Å². The molecule has 6 heteroatoms. The van der Waals surface area contributed by atoms with Gasteiger partial charge in [0.2, 0.25) is 11.8 Å². The molecule has 132 valence electrons. The summed E-state index contributed by atoms with van der Waals surface area (Å²) in [5.41, 5.74) is 1.96. The first-order chi connectivity index (χ1) is 11.9. The van der Waals surface area contributed by atoms with Crippen LogP contribution in [0.15, 0.2) is 42.5 Å². The Bertz CT molecular complexity index is 760. The first-order valence-corrected chi connectivity index (χ1v) is 7.86. The second-order valence-electron chi connectivity index (χ2n) is 5.74. The summed E-state index contributed by atoms with van der Waals surface area (Å²) in [5.74, 6) is -0.293. The van der Waals surface area contributed by atoms with E-state index in [-0.39, 0.29) is 18.2 Å². The van der Waals surface area contributed by atoms with Crippen LogP contribution < -0.4 is 15.4 Å². The molecule has 1 atom stereocenters. The number of benzene rings is 2. The highest BCUT2D eigenvalue weighted by Crippen LogP contribution is 2.22. The maximum absolute atomic E-state index is 13.3. The van der Waals surface area contributed by atoms with Gasteiger partial charge in [-0.1, -0.05) is 18.2 Å². The minimum atomic E-state index is -0.489. The molecule has 0 spiro atoms. The molecule has 1 unspecified atom stereocenters. The number of aryl methyl sites for hydroxylation is 1. The van der Waals surface area contributed by atoms with E-state index >= 15 is 0 Å². The third-order valence-corrected chi connectivity index (χ3v) is 3.76. The minimum absolute atomic E-state index is 0.0296. The molecule has 0 aliphatic rings. The maximum atomic E-state index is 13.3. The quantitative estimate of drug-likeness (QED) is 0.844. The van der Waals surface area contributed by atoms with E-state index in [1.807, 2.05) is 0 Å². The van der Waals surface area contributed by atoms with Crippen molar-refractivity contribution in [2.24, 2.45) is 0 Å². The van der Waals surface area contributed by atoms with Gasteiger partial charge in [0.05, 0.1) is 19.6 Å². The van der Waals surface area contributed by atoms with Gasteiger partial charge in [-0.05, 0) is 42.3 Å². The molecule has 2 aromatic carbocycles. The standard InChI is InChI=1S/C19H21FN2O3/c1-12-4-7-15(20)10-17(12)22-19(24)11-18(21-13(2)23)14-5-8-16(25-3)9-6-14/h4-10,18H,11H2,1-3H3,(H,21,23)(H,22,24). The average molecular weight is 344 g/mol. The Kier molecular flexibility index (Phi) is 6.11. The summed E-state index contributed by atoms with van der Waals surface area (Å²) in [6.07, 6.45) is 0.0296. The molecule has 0 saturated carbocycles. The molecule has 0 aliphatic heterocycles. The van der Waals surface area contributed by atoms with Crippen molar-refractivity contribution in [2.45, 2.75) is 26.3 Å². The molecule has 2 amide bonds. The topological polar surface area (TPSA) is 67.4 Å². The number of halogens is 1. The fourth-order valence-corrected chi connectivity index (χ4v) is 2.45. The van der Waals surface area contributed by atoms with Crippen molar-refractivity contribution in [3.05, 3.63) is 59.4 Å². The van der Waals surface area contributed by atoms with Crippen molar-refractivity contribution in [1.29, 1.82) is 0 Å². The zero-order chi connectivity index (χ0) is 18.4. The lowest BCUT2D eigenvalue weighted by molar-refractivity contribution is -0.120. The van der Waals surface area contributed by atoms with Gasteiger partial charge in [-0.25, -0.2) is 4.39 Å². The van der Waals surface area contributed by atoms with E-state index in [2.05, 4.69) is 10.6 Å². The molecule has 25 heavy (non-hydrogen) atoms. The lowest BCUT2D eigenvalue weighted by Gasteiger charge is -2.19.